The van der Waals surface area contributed by atoms with Crippen molar-refractivity contribution in [3.63, 3.8) is 0 Å². The number of aliphatic hydroxyl groups is 6. The largest absolute Gasteiger partial charge is 0.462 e. The fourth-order valence-corrected chi connectivity index (χ4v) is 4.11. The second-order valence-electron chi connectivity index (χ2n) is 8.51. The van der Waals surface area contributed by atoms with E-state index in [1.165, 1.54) is 19.1 Å². The van der Waals surface area contributed by atoms with E-state index in [1.54, 1.807) is 19.1 Å². The Morgan fingerprint density at radius 1 is 0.912 bits per heavy atom. The molecule has 0 amide bonds. The van der Waals surface area contributed by atoms with E-state index in [0.717, 1.165) is 0 Å². The molecule has 0 unspecified atom stereocenters. The average molecular weight is 484 g/mol. The number of hydrogen-bond donors (Lipinski definition) is 6. The highest BCUT2D eigenvalue weighted by Gasteiger charge is 2.50. The standard InChI is InChI=1S/C22H28O12/c1-8-5-14(24)32-12-6-10(3-4-11(8)12)31-22-19(29)17(27)20(13(7-23)33-22)34-21-18(28)16(26)15(25)9(2)30-21/h3-6,9,13,15-23,25-29H,7H2,1-2H3/t9-,13+,15+,16+,17+,18+,19+,20+,21+,22+/m1/s1. The van der Waals surface area contributed by atoms with Gasteiger partial charge in [-0.05, 0) is 31.5 Å². The van der Waals surface area contributed by atoms with Gasteiger partial charge < -0.3 is 54.0 Å². The van der Waals surface area contributed by atoms with Crippen molar-refractivity contribution in [3.05, 3.63) is 40.2 Å². The normalized spacial score (nSPS) is 38.7. The van der Waals surface area contributed by atoms with E-state index >= 15 is 0 Å². The van der Waals surface area contributed by atoms with Gasteiger partial charge in [-0.15, -0.1) is 0 Å². The van der Waals surface area contributed by atoms with Crippen molar-refractivity contribution in [1.82, 2.24) is 0 Å². The molecule has 34 heavy (non-hydrogen) atoms. The maximum absolute atomic E-state index is 11.7. The zero-order chi connectivity index (χ0) is 24.7. The van der Waals surface area contributed by atoms with Gasteiger partial charge in [-0.2, -0.15) is 0 Å². The fraction of sp³-hybridized carbons (Fsp3) is 0.591. The van der Waals surface area contributed by atoms with Crippen LogP contribution in [-0.2, 0) is 14.2 Å². The minimum atomic E-state index is -1.65. The summed E-state index contributed by atoms with van der Waals surface area (Å²) in [7, 11) is 0. The second kappa shape index (κ2) is 9.85. The van der Waals surface area contributed by atoms with Crippen LogP contribution in [0.2, 0.25) is 0 Å². The maximum Gasteiger partial charge on any atom is 0.336 e. The minimum Gasteiger partial charge on any atom is -0.462 e. The molecule has 1 aromatic carbocycles. The van der Waals surface area contributed by atoms with Crippen LogP contribution in [0.3, 0.4) is 0 Å². The summed E-state index contributed by atoms with van der Waals surface area (Å²) in [6, 6.07) is 6.01. The van der Waals surface area contributed by atoms with Crippen LogP contribution in [0.1, 0.15) is 12.5 Å². The molecule has 2 saturated heterocycles. The summed E-state index contributed by atoms with van der Waals surface area (Å²) in [4.78, 5) is 11.7. The van der Waals surface area contributed by atoms with Crippen molar-refractivity contribution in [2.45, 2.75) is 75.3 Å². The van der Waals surface area contributed by atoms with Crippen molar-refractivity contribution < 1.29 is 54.0 Å². The monoisotopic (exact) mass is 484 g/mol. The Bertz CT molecular complexity index is 1050. The molecule has 0 saturated carbocycles. The Balaban J connectivity index is 1.50. The number of benzene rings is 1. The van der Waals surface area contributed by atoms with Gasteiger partial charge in [0.25, 0.3) is 0 Å². The molecule has 10 atom stereocenters. The zero-order valence-electron chi connectivity index (χ0n) is 18.4. The van der Waals surface area contributed by atoms with Gasteiger partial charge >= 0.3 is 5.63 Å². The van der Waals surface area contributed by atoms with Crippen LogP contribution >= 0.6 is 0 Å². The van der Waals surface area contributed by atoms with Crippen LogP contribution in [0.5, 0.6) is 5.75 Å². The Morgan fingerprint density at radius 2 is 1.62 bits per heavy atom. The summed E-state index contributed by atoms with van der Waals surface area (Å²) in [5.41, 5.74) is 0.430. The number of ether oxygens (including phenoxy) is 4. The number of rotatable bonds is 5. The van der Waals surface area contributed by atoms with Gasteiger partial charge in [-0.1, -0.05) is 0 Å². The highest BCUT2D eigenvalue weighted by molar-refractivity contribution is 5.81. The predicted molar refractivity (Wildman–Crippen MR) is 113 cm³/mol. The second-order valence-corrected chi connectivity index (χ2v) is 8.51. The smallest absolute Gasteiger partial charge is 0.336 e. The van der Waals surface area contributed by atoms with E-state index in [-0.39, 0.29) is 11.3 Å². The van der Waals surface area contributed by atoms with Crippen molar-refractivity contribution in [2.75, 3.05) is 6.61 Å². The first-order valence-electron chi connectivity index (χ1n) is 10.8. The molecular formula is C22H28O12. The lowest BCUT2D eigenvalue weighted by Gasteiger charge is -2.45. The number of fused-ring (bicyclic) bond motifs is 1. The Labute approximate surface area is 193 Å². The van der Waals surface area contributed by atoms with E-state index < -0.39 is 73.6 Å². The summed E-state index contributed by atoms with van der Waals surface area (Å²) in [5.74, 6) is 0.172. The number of aryl methyl sites for hydroxylation is 1. The van der Waals surface area contributed by atoms with E-state index in [1.807, 2.05) is 0 Å². The quantitative estimate of drug-likeness (QED) is 0.260. The zero-order valence-corrected chi connectivity index (χ0v) is 18.4. The Hall–Kier alpha value is -2.13. The van der Waals surface area contributed by atoms with Gasteiger partial charge in [0, 0.05) is 17.5 Å². The maximum atomic E-state index is 11.7. The molecule has 12 heteroatoms. The molecule has 2 aromatic rings. The SMILES string of the molecule is Cc1cc(=O)oc2cc(O[C@H]3O[C@@H](CO)[C@H](O[C@@H]4O[C@H](C)[C@H](O)[C@H](O)[C@@H]4O)[C@@H](O)[C@@H]3O)ccc12. The highest BCUT2D eigenvalue weighted by Crippen LogP contribution is 2.31. The van der Waals surface area contributed by atoms with Gasteiger partial charge in [0.1, 0.15) is 54.1 Å². The highest BCUT2D eigenvalue weighted by atomic mass is 16.7. The van der Waals surface area contributed by atoms with Crippen molar-refractivity contribution in [3.8, 4) is 5.75 Å². The summed E-state index contributed by atoms with van der Waals surface area (Å²) in [5, 5.41) is 61.7. The molecule has 6 N–H and O–H groups in total. The third-order valence-electron chi connectivity index (χ3n) is 6.10. The first-order valence-corrected chi connectivity index (χ1v) is 10.8. The van der Waals surface area contributed by atoms with Crippen LogP contribution < -0.4 is 10.4 Å². The van der Waals surface area contributed by atoms with E-state index in [4.69, 9.17) is 23.4 Å². The van der Waals surface area contributed by atoms with Crippen LogP contribution in [0.15, 0.2) is 33.5 Å². The molecule has 0 spiro atoms. The van der Waals surface area contributed by atoms with Gasteiger partial charge in [0.2, 0.25) is 6.29 Å². The Kier molecular flexibility index (Phi) is 7.24. The molecule has 2 aliphatic heterocycles. The van der Waals surface area contributed by atoms with E-state index in [9.17, 15) is 35.4 Å². The van der Waals surface area contributed by atoms with Crippen molar-refractivity contribution in [2.24, 2.45) is 0 Å². The van der Waals surface area contributed by atoms with E-state index in [0.29, 0.717) is 10.9 Å². The van der Waals surface area contributed by atoms with E-state index in [2.05, 4.69) is 0 Å². The first kappa shape index (κ1) is 25.0. The third kappa shape index (κ3) is 4.69. The lowest BCUT2D eigenvalue weighted by molar-refractivity contribution is -0.349. The molecule has 2 aliphatic rings. The fourth-order valence-electron chi connectivity index (χ4n) is 4.11. The van der Waals surface area contributed by atoms with Gasteiger partial charge in [0.05, 0.1) is 12.7 Å². The van der Waals surface area contributed by atoms with Crippen LogP contribution in [0.25, 0.3) is 11.0 Å². The predicted octanol–water partition coefficient (Wildman–Crippen LogP) is -1.87. The Morgan fingerprint density at radius 3 is 2.32 bits per heavy atom. The molecule has 0 bridgehead atoms. The molecule has 1 aromatic heterocycles. The van der Waals surface area contributed by atoms with Gasteiger partial charge in [-0.25, -0.2) is 4.79 Å². The summed E-state index contributed by atoms with van der Waals surface area (Å²) >= 11 is 0. The minimum absolute atomic E-state index is 0.172. The van der Waals surface area contributed by atoms with Gasteiger partial charge in [0.15, 0.2) is 6.29 Å². The molecule has 0 aliphatic carbocycles. The average Bonchev–Trinajstić information content (AvgIpc) is 2.80. The molecular weight excluding hydrogens is 456 g/mol. The summed E-state index contributed by atoms with van der Waals surface area (Å²) in [6.45, 7) is 2.56. The van der Waals surface area contributed by atoms with Crippen LogP contribution in [0.4, 0.5) is 0 Å². The lowest BCUT2D eigenvalue weighted by atomic mass is 9.97. The van der Waals surface area contributed by atoms with Gasteiger partial charge in [-0.3, -0.25) is 0 Å². The molecule has 12 nitrogen and oxygen atoms in total. The first-order chi connectivity index (χ1) is 16.1. The number of hydrogen-bond acceptors (Lipinski definition) is 12. The van der Waals surface area contributed by atoms with Crippen molar-refractivity contribution in [1.29, 1.82) is 0 Å². The molecule has 0 radical (unpaired) electrons. The van der Waals surface area contributed by atoms with Crippen LogP contribution in [-0.4, -0.2) is 98.7 Å². The summed E-state index contributed by atoms with van der Waals surface area (Å²) in [6.07, 6.45) is -14.2. The van der Waals surface area contributed by atoms with Crippen LogP contribution in [0, 0.1) is 6.92 Å². The molecule has 4 rings (SSSR count). The molecule has 3 heterocycles. The number of aliphatic hydroxyl groups excluding tert-OH is 6. The lowest BCUT2D eigenvalue weighted by Crippen LogP contribution is -2.64. The van der Waals surface area contributed by atoms with Crippen molar-refractivity contribution >= 4 is 11.0 Å². The third-order valence-corrected chi connectivity index (χ3v) is 6.10. The summed E-state index contributed by atoms with van der Waals surface area (Å²) < 4.78 is 27.3. The molecule has 188 valence electrons. The molecule has 2 fully saturated rings. The topological polar surface area (TPSA) is 189 Å².